The smallest absolute Gasteiger partial charge is 0.410 e. The SMILES string of the molecule is CN(Cc1cnn2c1CN(C(=O)OC(C)(C)C)CC2)CC1CC1. The third-order valence-electron chi connectivity index (χ3n) is 4.32. The van der Waals surface area contributed by atoms with E-state index in [4.69, 9.17) is 4.74 Å². The van der Waals surface area contributed by atoms with Crippen molar-refractivity contribution >= 4 is 6.09 Å². The Bertz CT molecular complexity index is 572. The zero-order valence-electron chi connectivity index (χ0n) is 14.7. The van der Waals surface area contributed by atoms with Crippen LogP contribution in [0.2, 0.25) is 0 Å². The van der Waals surface area contributed by atoms with Crippen LogP contribution in [0.3, 0.4) is 0 Å². The molecule has 3 rings (SSSR count). The first-order valence-electron chi connectivity index (χ1n) is 8.52. The second-order valence-corrected chi connectivity index (χ2v) is 7.88. The van der Waals surface area contributed by atoms with E-state index in [-0.39, 0.29) is 6.09 Å². The molecule has 0 bridgehead atoms. The topological polar surface area (TPSA) is 50.6 Å². The van der Waals surface area contributed by atoms with Gasteiger partial charge in [0.1, 0.15) is 5.60 Å². The molecule has 1 saturated carbocycles. The molecule has 0 spiro atoms. The minimum atomic E-state index is -0.456. The predicted octanol–water partition coefficient (Wildman–Crippen LogP) is 2.48. The highest BCUT2D eigenvalue weighted by Gasteiger charge is 2.28. The fraction of sp³-hybridized carbons (Fsp3) is 0.765. The Kier molecular flexibility index (Phi) is 4.36. The van der Waals surface area contributed by atoms with E-state index in [1.807, 2.05) is 31.6 Å². The molecule has 6 heteroatoms. The molecule has 0 aromatic carbocycles. The van der Waals surface area contributed by atoms with E-state index >= 15 is 0 Å². The lowest BCUT2D eigenvalue weighted by Gasteiger charge is -2.31. The van der Waals surface area contributed by atoms with E-state index in [0.29, 0.717) is 13.1 Å². The van der Waals surface area contributed by atoms with Crippen LogP contribution in [0.1, 0.15) is 44.9 Å². The third-order valence-corrected chi connectivity index (χ3v) is 4.32. The van der Waals surface area contributed by atoms with Crippen LogP contribution < -0.4 is 0 Å². The summed E-state index contributed by atoms with van der Waals surface area (Å²) in [5.74, 6) is 0.879. The normalized spacial score (nSPS) is 18.2. The molecule has 1 aromatic heterocycles. The van der Waals surface area contributed by atoms with Crippen LogP contribution in [0.4, 0.5) is 4.79 Å². The summed E-state index contributed by atoms with van der Waals surface area (Å²) in [6.07, 6.45) is 4.45. The standard InChI is InChI=1S/C17H28N4O2/c1-17(2,3)23-16(22)20-7-8-21-15(12-20)14(9-18-21)11-19(4)10-13-5-6-13/h9,13H,5-8,10-12H2,1-4H3. The summed E-state index contributed by atoms with van der Waals surface area (Å²) in [5, 5.41) is 4.48. The van der Waals surface area contributed by atoms with Gasteiger partial charge >= 0.3 is 6.09 Å². The summed E-state index contributed by atoms with van der Waals surface area (Å²) in [7, 11) is 2.16. The number of aromatic nitrogens is 2. The average molecular weight is 320 g/mol. The molecule has 1 aliphatic carbocycles. The van der Waals surface area contributed by atoms with Crippen molar-refractivity contribution in [3.63, 3.8) is 0 Å². The van der Waals surface area contributed by atoms with Gasteiger partial charge in [-0.2, -0.15) is 5.10 Å². The monoisotopic (exact) mass is 320 g/mol. The number of hydrogen-bond acceptors (Lipinski definition) is 4. The number of nitrogens with zero attached hydrogens (tertiary/aromatic N) is 4. The van der Waals surface area contributed by atoms with Crippen molar-refractivity contribution in [2.24, 2.45) is 5.92 Å². The molecule has 1 aromatic rings. The molecule has 1 aliphatic heterocycles. The highest BCUT2D eigenvalue weighted by Crippen LogP contribution is 2.30. The summed E-state index contributed by atoms with van der Waals surface area (Å²) in [4.78, 5) is 16.4. The Balaban J connectivity index is 1.64. The quantitative estimate of drug-likeness (QED) is 0.855. The summed E-state index contributed by atoms with van der Waals surface area (Å²) in [6.45, 7) is 9.73. The van der Waals surface area contributed by atoms with Gasteiger partial charge in [0, 0.05) is 25.2 Å². The number of rotatable bonds is 4. The molecule has 23 heavy (non-hydrogen) atoms. The minimum absolute atomic E-state index is 0.234. The fourth-order valence-electron chi connectivity index (χ4n) is 3.01. The van der Waals surface area contributed by atoms with Crippen molar-refractivity contribution in [2.75, 3.05) is 20.1 Å². The van der Waals surface area contributed by atoms with E-state index in [9.17, 15) is 4.79 Å². The maximum Gasteiger partial charge on any atom is 0.410 e. The highest BCUT2D eigenvalue weighted by atomic mass is 16.6. The van der Waals surface area contributed by atoms with Gasteiger partial charge in [0.05, 0.1) is 25.0 Å². The highest BCUT2D eigenvalue weighted by molar-refractivity contribution is 5.68. The Hall–Kier alpha value is -1.56. The van der Waals surface area contributed by atoms with Gasteiger partial charge in [-0.15, -0.1) is 0 Å². The molecule has 1 fully saturated rings. The van der Waals surface area contributed by atoms with Crippen LogP contribution in [0.15, 0.2) is 6.20 Å². The Morgan fingerprint density at radius 1 is 1.39 bits per heavy atom. The van der Waals surface area contributed by atoms with E-state index in [1.54, 1.807) is 4.90 Å². The van der Waals surface area contributed by atoms with Gasteiger partial charge in [-0.1, -0.05) is 0 Å². The largest absolute Gasteiger partial charge is 0.444 e. The van der Waals surface area contributed by atoms with Gasteiger partial charge < -0.3 is 14.5 Å². The number of hydrogen-bond donors (Lipinski definition) is 0. The van der Waals surface area contributed by atoms with Crippen molar-refractivity contribution in [1.82, 2.24) is 19.6 Å². The van der Waals surface area contributed by atoms with Crippen molar-refractivity contribution < 1.29 is 9.53 Å². The van der Waals surface area contributed by atoms with Gasteiger partial charge in [-0.05, 0) is 46.6 Å². The first-order chi connectivity index (χ1) is 10.8. The summed E-state index contributed by atoms with van der Waals surface area (Å²) in [6, 6.07) is 0. The van der Waals surface area contributed by atoms with E-state index in [2.05, 4.69) is 17.0 Å². The predicted molar refractivity (Wildman–Crippen MR) is 87.9 cm³/mol. The second-order valence-electron chi connectivity index (χ2n) is 7.88. The van der Waals surface area contributed by atoms with E-state index < -0.39 is 5.60 Å². The van der Waals surface area contributed by atoms with Gasteiger partial charge in [-0.3, -0.25) is 4.68 Å². The molecule has 128 valence electrons. The maximum absolute atomic E-state index is 12.3. The molecular formula is C17H28N4O2. The van der Waals surface area contributed by atoms with Crippen LogP contribution >= 0.6 is 0 Å². The van der Waals surface area contributed by atoms with Crippen molar-refractivity contribution in [3.8, 4) is 0 Å². The molecular weight excluding hydrogens is 292 g/mol. The maximum atomic E-state index is 12.3. The molecule has 1 amide bonds. The molecule has 6 nitrogen and oxygen atoms in total. The third kappa shape index (κ3) is 4.25. The zero-order valence-corrected chi connectivity index (χ0v) is 14.7. The minimum Gasteiger partial charge on any atom is -0.444 e. The molecule has 0 atom stereocenters. The molecule has 2 heterocycles. The Morgan fingerprint density at radius 2 is 2.13 bits per heavy atom. The van der Waals surface area contributed by atoms with Gasteiger partial charge in [-0.25, -0.2) is 4.79 Å². The van der Waals surface area contributed by atoms with Crippen molar-refractivity contribution in [3.05, 3.63) is 17.5 Å². The number of ether oxygens (including phenoxy) is 1. The average Bonchev–Trinajstić information content (AvgIpc) is 3.17. The van der Waals surface area contributed by atoms with E-state index in [0.717, 1.165) is 31.2 Å². The second kappa shape index (κ2) is 6.15. The Morgan fingerprint density at radius 3 is 2.78 bits per heavy atom. The van der Waals surface area contributed by atoms with Crippen LogP contribution in [-0.2, 0) is 24.4 Å². The number of amides is 1. The van der Waals surface area contributed by atoms with Gasteiger partial charge in [0.15, 0.2) is 0 Å². The molecule has 0 saturated heterocycles. The first kappa shape index (κ1) is 16.3. The summed E-state index contributed by atoms with van der Waals surface area (Å²) in [5.41, 5.74) is 1.91. The van der Waals surface area contributed by atoms with Gasteiger partial charge in [0.2, 0.25) is 0 Å². The summed E-state index contributed by atoms with van der Waals surface area (Å²) >= 11 is 0. The molecule has 0 unspecified atom stereocenters. The van der Waals surface area contributed by atoms with Crippen molar-refractivity contribution in [1.29, 1.82) is 0 Å². The van der Waals surface area contributed by atoms with Crippen molar-refractivity contribution in [2.45, 2.75) is 58.8 Å². The van der Waals surface area contributed by atoms with Gasteiger partial charge in [0.25, 0.3) is 0 Å². The Labute approximate surface area is 138 Å². The number of fused-ring (bicyclic) bond motifs is 1. The van der Waals surface area contributed by atoms with Crippen LogP contribution in [0.25, 0.3) is 0 Å². The van der Waals surface area contributed by atoms with Crippen LogP contribution in [0, 0.1) is 5.92 Å². The van der Waals surface area contributed by atoms with Crippen LogP contribution in [-0.4, -0.2) is 51.4 Å². The van der Waals surface area contributed by atoms with E-state index in [1.165, 1.54) is 18.4 Å². The molecule has 0 radical (unpaired) electrons. The summed E-state index contributed by atoms with van der Waals surface area (Å²) < 4.78 is 7.53. The lowest BCUT2D eigenvalue weighted by Crippen LogP contribution is -2.42. The molecule has 0 N–H and O–H groups in total. The van der Waals surface area contributed by atoms with Crippen LogP contribution in [0.5, 0.6) is 0 Å². The zero-order chi connectivity index (χ0) is 16.6. The fourth-order valence-corrected chi connectivity index (χ4v) is 3.01. The number of carbonyl (C=O) groups excluding carboxylic acids is 1. The lowest BCUT2D eigenvalue weighted by molar-refractivity contribution is 0.0193. The number of carbonyl (C=O) groups is 1. The first-order valence-corrected chi connectivity index (χ1v) is 8.52. The molecule has 2 aliphatic rings. The lowest BCUT2D eigenvalue weighted by atomic mass is 10.2.